The van der Waals surface area contributed by atoms with Gasteiger partial charge in [-0.25, -0.2) is 4.39 Å². The van der Waals surface area contributed by atoms with Gasteiger partial charge in [-0.1, -0.05) is 12.1 Å². The minimum Gasteiger partial charge on any atom is -0.357 e. The van der Waals surface area contributed by atoms with Gasteiger partial charge in [0.1, 0.15) is 17.5 Å². The Balaban J connectivity index is 0.00000280. The van der Waals surface area contributed by atoms with Crippen LogP contribution in [0, 0.1) is 25.6 Å². The van der Waals surface area contributed by atoms with E-state index in [4.69, 9.17) is 4.99 Å². The van der Waals surface area contributed by atoms with Crippen LogP contribution in [0.1, 0.15) is 49.1 Å². The second kappa shape index (κ2) is 10.2. The molecule has 0 bridgehead atoms. The molecule has 0 aliphatic carbocycles. The van der Waals surface area contributed by atoms with E-state index >= 15 is 0 Å². The summed E-state index contributed by atoms with van der Waals surface area (Å²) in [4.78, 5) is 4.78. The lowest BCUT2D eigenvalue weighted by molar-refractivity contribution is 0.369. The normalized spacial score (nSPS) is 17.5. The Hall–Kier alpha value is -1.71. The van der Waals surface area contributed by atoms with Crippen LogP contribution in [0.5, 0.6) is 0 Å². The van der Waals surface area contributed by atoms with Crippen LogP contribution in [0.25, 0.3) is 0 Å². The minimum absolute atomic E-state index is 0. The van der Waals surface area contributed by atoms with Gasteiger partial charge in [0.25, 0.3) is 0 Å². The molecular weight excluding hydrogens is 470 g/mol. The van der Waals surface area contributed by atoms with Crippen LogP contribution in [0.3, 0.4) is 0 Å². The molecule has 1 aromatic carbocycles. The first-order valence-corrected chi connectivity index (χ1v) is 9.67. The number of aliphatic imine (C=N–C) groups is 1. The molecule has 3 rings (SSSR count). The van der Waals surface area contributed by atoms with E-state index < -0.39 is 0 Å². The Labute approximate surface area is 183 Å². The average Bonchev–Trinajstić information content (AvgIpc) is 3.02. The Morgan fingerprint density at radius 3 is 2.86 bits per heavy atom. The minimum atomic E-state index is -0.176. The van der Waals surface area contributed by atoms with Crippen LogP contribution in [-0.2, 0) is 13.0 Å². The van der Waals surface area contributed by atoms with Crippen molar-refractivity contribution in [1.82, 2.24) is 25.4 Å². The van der Waals surface area contributed by atoms with Gasteiger partial charge in [-0.2, -0.15) is 0 Å². The van der Waals surface area contributed by atoms with Gasteiger partial charge in [-0.3, -0.25) is 4.99 Å². The zero-order valence-electron chi connectivity index (χ0n) is 17.0. The molecule has 0 saturated carbocycles. The third-order valence-corrected chi connectivity index (χ3v) is 5.13. The van der Waals surface area contributed by atoms with Crippen LogP contribution in [-0.4, -0.2) is 33.8 Å². The maximum atomic E-state index is 13.9. The summed E-state index contributed by atoms with van der Waals surface area (Å²) in [5.41, 5.74) is 1.57. The fourth-order valence-corrected chi connectivity index (χ4v) is 3.39. The van der Waals surface area contributed by atoms with E-state index in [1.54, 1.807) is 13.0 Å². The topological polar surface area (TPSA) is 67.1 Å². The fourth-order valence-electron chi connectivity index (χ4n) is 3.39. The van der Waals surface area contributed by atoms with Gasteiger partial charge in [0.05, 0.1) is 6.04 Å². The first kappa shape index (κ1) is 22.6. The maximum absolute atomic E-state index is 13.9. The quantitative estimate of drug-likeness (QED) is 0.375. The van der Waals surface area contributed by atoms with Crippen molar-refractivity contribution in [2.45, 2.75) is 53.1 Å². The van der Waals surface area contributed by atoms with Crippen LogP contribution < -0.4 is 10.6 Å². The zero-order valence-corrected chi connectivity index (χ0v) is 19.3. The molecule has 154 valence electrons. The number of halogens is 2. The van der Waals surface area contributed by atoms with Gasteiger partial charge in [0.15, 0.2) is 5.96 Å². The van der Waals surface area contributed by atoms with E-state index in [1.165, 1.54) is 0 Å². The summed E-state index contributed by atoms with van der Waals surface area (Å²) >= 11 is 0. The molecule has 0 spiro atoms. The van der Waals surface area contributed by atoms with E-state index in [0.717, 1.165) is 55.6 Å². The highest BCUT2D eigenvalue weighted by atomic mass is 127. The monoisotopic (exact) mass is 500 g/mol. The zero-order chi connectivity index (χ0) is 19.4. The van der Waals surface area contributed by atoms with Crippen molar-refractivity contribution in [3.8, 4) is 0 Å². The van der Waals surface area contributed by atoms with Crippen molar-refractivity contribution in [3.63, 3.8) is 0 Å². The lowest BCUT2D eigenvalue weighted by Crippen LogP contribution is -2.39. The largest absolute Gasteiger partial charge is 0.357 e. The van der Waals surface area contributed by atoms with Gasteiger partial charge in [0, 0.05) is 26.1 Å². The fraction of sp³-hybridized carbons (Fsp3) is 0.550. The van der Waals surface area contributed by atoms with Crippen molar-refractivity contribution in [2.75, 3.05) is 13.1 Å². The van der Waals surface area contributed by atoms with E-state index in [9.17, 15) is 4.39 Å². The van der Waals surface area contributed by atoms with Crippen molar-refractivity contribution >= 4 is 29.9 Å². The number of aryl methyl sites for hydroxylation is 3. The number of rotatable bonds is 5. The molecule has 0 saturated heterocycles. The number of guanidine groups is 1. The van der Waals surface area contributed by atoms with Crippen LogP contribution in [0.2, 0.25) is 0 Å². The first-order chi connectivity index (χ1) is 13.0. The predicted molar refractivity (Wildman–Crippen MR) is 121 cm³/mol. The number of nitrogens with one attached hydrogen (secondary N) is 2. The molecule has 1 aromatic heterocycles. The standard InChI is InChI=1S/C20H29FN6.HI/c1-5-22-20(24-14(3)17-8-6-13(2)18(21)10-17)23-11-16-7-9-19-26-25-15(4)27(19)12-16;/h6,8,10,14,16H,5,7,9,11-12H2,1-4H3,(H2,22,23,24);1H. The molecule has 0 fully saturated rings. The van der Waals surface area contributed by atoms with Crippen LogP contribution >= 0.6 is 24.0 Å². The number of aromatic nitrogens is 3. The molecule has 1 aliphatic rings. The maximum Gasteiger partial charge on any atom is 0.191 e. The van der Waals surface area contributed by atoms with Crippen molar-refractivity contribution in [2.24, 2.45) is 10.9 Å². The molecule has 2 aromatic rings. The first-order valence-electron chi connectivity index (χ1n) is 9.67. The number of benzene rings is 1. The van der Waals surface area contributed by atoms with E-state index in [1.807, 2.05) is 32.9 Å². The summed E-state index contributed by atoms with van der Waals surface area (Å²) in [6, 6.07) is 5.33. The Morgan fingerprint density at radius 1 is 1.36 bits per heavy atom. The molecule has 8 heteroatoms. The van der Waals surface area contributed by atoms with Crippen LogP contribution in [0.4, 0.5) is 4.39 Å². The SMILES string of the molecule is CCNC(=NCC1CCc2nnc(C)n2C1)NC(C)c1ccc(C)c(F)c1.I. The Morgan fingerprint density at radius 2 is 2.14 bits per heavy atom. The summed E-state index contributed by atoms with van der Waals surface area (Å²) in [6.07, 6.45) is 2.02. The number of fused-ring (bicyclic) bond motifs is 1. The third-order valence-electron chi connectivity index (χ3n) is 5.13. The Bertz CT molecular complexity index is 819. The summed E-state index contributed by atoms with van der Waals surface area (Å²) in [6.45, 7) is 10.3. The van der Waals surface area contributed by atoms with Gasteiger partial charge in [0.2, 0.25) is 0 Å². The second-order valence-electron chi connectivity index (χ2n) is 7.27. The lowest BCUT2D eigenvalue weighted by Gasteiger charge is -2.23. The second-order valence-corrected chi connectivity index (χ2v) is 7.27. The summed E-state index contributed by atoms with van der Waals surface area (Å²) < 4.78 is 16.1. The molecule has 0 radical (unpaired) electrons. The molecule has 28 heavy (non-hydrogen) atoms. The molecule has 2 N–H and O–H groups in total. The highest BCUT2D eigenvalue weighted by Crippen LogP contribution is 2.20. The molecule has 0 amide bonds. The van der Waals surface area contributed by atoms with Gasteiger partial charge >= 0.3 is 0 Å². The molecule has 2 atom stereocenters. The van der Waals surface area contributed by atoms with Crippen molar-refractivity contribution < 1.29 is 4.39 Å². The van der Waals surface area contributed by atoms with Crippen molar-refractivity contribution in [3.05, 3.63) is 46.8 Å². The number of nitrogens with zero attached hydrogens (tertiary/aromatic N) is 4. The van der Waals surface area contributed by atoms with Gasteiger partial charge in [-0.05, 0) is 57.2 Å². The summed E-state index contributed by atoms with van der Waals surface area (Å²) in [5.74, 6) is 3.10. The third kappa shape index (κ3) is 5.42. The van der Waals surface area contributed by atoms with Gasteiger partial charge < -0.3 is 15.2 Å². The van der Waals surface area contributed by atoms with Gasteiger partial charge in [-0.15, -0.1) is 34.2 Å². The predicted octanol–water partition coefficient (Wildman–Crippen LogP) is 3.53. The lowest BCUT2D eigenvalue weighted by atomic mass is 9.99. The summed E-state index contributed by atoms with van der Waals surface area (Å²) in [5, 5.41) is 15.1. The highest BCUT2D eigenvalue weighted by molar-refractivity contribution is 14.0. The van der Waals surface area contributed by atoms with E-state index in [-0.39, 0.29) is 35.8 Å². The molecule has 1 aliphatic heterocycles. The molecule has 2 unspecified atom stereocenters. The molecular formula is C20H30FIN6. The van der Waals surface area contributed by atoms with E-state index in [2.05, 4.69) is 25.4 Å². The smallest absolute Gasteiger partial charge is 0.191 e. The summed E-state index contributed by atoms with van der Waals surface area (Å²) in [7, 11) is 0. The van der Waals surface area contributed by atoms with Crippen molar-refractivity contribution in [1.29, 1.82) is 0 Å². The molecule has 2 heterocycles. The molecule has 6 nitrogen and oxygen atoms in total. The number of hydrogen-bond acceptors (Lipinski definition) is 3. The van der Waals surface area contributed by atoms with E-state index in [0.29, 0.717) is 11.5 Å². The highest BCUT2D eigenvalue weighted by Gasteiger charge is 2.21. The average molecular weight is 500 g/mol. The Kier molecular flexibility index (Phi) is 8.21. The van der Waals surface area contributed by atoms with Crippen LogP contribution in [0.15, 0.2) is 23.2 Å². The number of hydrogen-bond donors (Lipinski definition) is 2.